The van der Waals surface area contributed by atoms with Crippen LogP contribution in [0.1, 0.15) is 16.8 Å². The molecule has 1 N–H and O–H groups in total. The molecule has 2 aromatic rings. The van der Waals surface area contributed by atoms with E-state index < -0.39 is 0 Å². The third-order valence-corrected chi connectivity index (χ3v) is 3.89. The lowest BCUT2D eigenvalue weighted by molar-refractivity contribution is 0.102. The van der Waals surface area contributed by atoms with Crippen molar-refractivity contribution in [3.63, 3.8) is 0 Å². The molecule has 0 saturated carbocycles. The van der Waals surface area contributed by atoms with Crippen LogP contribution in [0.15, 0.2) is 48.8 Å². The van der Waals surface area contributed by atoms with Gasteiger partial charge in [0.05, 0.1) is 18.0 Å². The first-order valence-corrected chi connectivity index (χ1v) is 7.35. The van der Waals surface area contributed by atoms with Crippen molar-refractivity contribution in [2.75, 3.05) is 30.4 Å². The van der Waals surface area contributed by atoms with Gasteiger partial charge in [-0.05, 0) is 42.8 Å². The maximum Gasteiger partial charge on any atom is 0.255 e. The van der Waals surface area contributed by atoms with E-state index in [1.807, 2.05) is 30.3 Å². The normalized spacial score (nSPS) is 17.5. The summed E-state index contributed by atoms with van der Waals surface area (Å²) in [4.78, 5) is 18.4. The van der Waals surface area contributed by atoms with E-state index in [2.05, 4.69) is 15.2 Å². The maximum atomic E-state index is 12.2. The lowest BCUT2D eigenvalue weighted by Gasteiger charge is -2.18. The predicted molar refractivity (Wildman–Crippen MR) is 86.3 cm³/mol. The summed E-state index contributed by atoms with van der Waals surface area (Å²) in [6.45, 7) is 1.89. The van der Waals surface area contributed by atoms with Crippen molar-refractivity contribution in [1.29, 1.82) is 0 Å². The average molecular weight is 297 g/mol. The highest BCUT2D eigenvalue weighted by Crippen LogP contribution is 2.22. The van der Waals surface area contributed by atoms with Crippen LogP contribution in [0.3, 0.4) is 0 Å². The van der Waals surface area contributed by atoms with Crippen LogP contribution in [-0.4, -0.2) is 37.2 Å². The van der Waals surface area contributed by atoms with Crippen molar-refractivity contribution < 1.29 is 9.53 Å². The predicted octanol–water partition coefficient (Wildman–Crippen LogP) is 2.56. The van der Waals surface area contributed by atoms with Gasteiger partial charge in [-0.3, -0.25) is 9.78 Å². The van der Waals surface area contributed by atoms with Crippen LogP contribution in [0.25, 0.3) is 0 Å². The molecule has 0 bridgehead atoms. The lowest BCUT2D eigenvalue weighted by Crippen LogP contribution is -2.22. The van der Waals surface area contributed by atoms with E-state index >= 15 is 0 Å². The van der Waals surface area contributed by atoms with Gasteiger partial charge in [-0.25, -0.2) is 0 Å². The van der Waals surface area contributed by atoms with Gasteiger partial charge in [-0.15, -0.1) is 0 Å². The summed E-state index contributed by atoms with van der Waals surface area (Å²) in [5.74, 6) is -0.129. The molecule has 1 aliphatic rings. The SMILES string of the molecule is CO[C@H]1CCN(c2ccc(C(=O)Nc3cccnc3)cc2)C1. The zero-order valence-electron chi connectivity index (χ0n) is 12.5. The fraction of sp³-hybridized carbons (Fsp3) is 0.294. The van der Waals surface area contributed by atoms with Crippen molar-refractivity contribution in [3.8, 4) is 0 Å². The molecule has 0 spiro atoms. The monoisotopic (exact) mass is 297 g/mol. The minimum absolute atomic E-state index is 0.129. The Labute approximate surface area is 129 Å². The molecule has 1 saturated heterocycles. The number of carbonyl (C=O) groups is 1. The molecule has 0 aliphatic carbocycles. The van der Waals surface area contributed by atoms with Gasteiger partial charge in [0.25, 0.3) is 5.91 Å². The number of hydrogen-bond donors (Lipinski definition) is 1. The molecule has 3 rings (SSSR count). The Morgan fingerprint density at radius 3 is 2.77 bits per heavy atom. The molecule has 114 valence electrons. The lowest BCUT2D eigenvalue weighted by atomic mass is 10.2. The number of rotatable bonds is 4. The summed E-state index contributed by atoms with van der Waals surface area (Å²) >= 11 is 0. The third kappa shape index (κ3) is 3.26. The molecule has 2 heterocycles. The number of amides is 1. The molecular weight excluding hydrogens is 278 g/mol. The largest absolute Gasteiger partial charge is 0.380 e. The van der Waals surface area contributed by atoms with Gasteiger partial charge in [0.15, 0.2) is 0 Å². The number of benzene rings is 1. The van der Waals surface area contributed by atoms with E-state index in [-0.39, 0.29) is 5.91 Å². The molecule has 1 aliphatic heterocycles. The molecule has 1 aromatic heterocycles. The Morgan fingerprint density at radius 1 is 1.32 bits per heavy atom. The number of nitrogens with zero attached hydrogens (tertiary/aromatic N) is 2. The topological polar surface area (TPSA) is 54.5 Å². The molecule has 22 heavy (non-hydrogen) atoms. The minimum Gasteiger partial charge on any atom is -0.380 e. The van der Waals surface area contributed by atoms with E-state index in [1.54, 1.807) is 25.6 Å². The van der Waals surface area contributed by atoms with Crippen molar-refractivity contribution in [1.82, 2.24) is 4.98 Å². The highest BCUT2D eigenvalue weighted by Gasteiger charge is 2.22. The second kappa shape index (κ2) is 6.58. The number of aromatic nitrogens is 1. The highest BCUT2D eigenvalue weighted by molar-refractivity contribution is 6.04. The van der Waals surface area contributed by atoms with Crippen LogP contribution in [-0.2, 0) is 4.74 Å². The van der Waals surface area contributed by atoms with Gasteiger partial charge in [-0.2, -0.15) is 0 Å². The molecule has 1 fully saturated rings. The Hall–Kier alpha value is -2.40. The van der Waals surface area contributed by atoms with Crippen molar-refractivity contribution in [2.24, 2.45) is 0 Å². The Kier molecular flexibility index (Phi) is 4.34. The second-order valence-electron chi connectivity index (χ2n) is 5.34. The van der Waals surface area contributed by atoms with Crippen molar-refractivity contribution in [3.05, 3.63) is 54.4 Å². The number of anilines is 2. The van der Waals surface area contributed by atoms with Gasteiger partial charge >= 0.3 is 0 Å². The fourth-order valence-electron chi connectivity index (χ4n) is 2.62. The van der Waals surface area contributed by atoms with Crippen LogP contribution >= 0.6 is 0 Å². The summed E-state index contributed by atoms with van der Waals surface area (Å²) < 4.78 is 5.38. The molecule has 1 atom stereocenters. The zero-order chi connectivity index (χ0) is 15.4. The standard InChI is InChI=1S/C17H19N3O2/c1-22-16-8-10-20(12-16)15-6-4-13(5-7-15)17(21)19-14-3-2-9-18-11-14/h2-7,9,11,16H,8,10,12H2,1H3,(H,19,21)/t16-/m0/s1. The maximum absolute atomic E-state index is 12.2. The van der Waals surface area contributed by atoms with Gasteiger partial charge in [0.1, 0.15) is 0 Å². The van der Waals surface area contributed by atoms with Crippen LogP contribution in [0.4, 0.5) is 11.4 Å². The van der Waals surface area contributed by atoms with Gasteiger partial charge in [-0.1, -0.05) is 0 Å². The van der Waals surface area contributed by atoms with Gasteiger partial charge in [0, 0.05) is 37.6 Å². The summed E-state index contributed by atoms with van der Waals surface area (Å²) in [5.41, 5.74) is 2.45. The number of hydrogen-bond acceptors (Lipinski definition) is 4. The Morgan fingerprint density at radius 2 is 2.14 bits per heavy atom. The van der Waals surface area contributed by atoms with E-state index in [4.69, 9.17) is 4.74 Å². The van der Waals surface area contributed by atoms with Crippen LogP contribution in [0.2, 0.25) is 0 Å². The van der Waals surface area contributed by atoms with Crippen LogP contribution in [0.5, 0.6) is 0 Å². The number of ether oxygens (including phenoxy) is 1. The third-order valence-electron chi connectivity index (χ3n) is 3.89. The molecule has 0 unspecified atom stereocenters. The Balaban J connectivity index is 1.65. The average Bonchev–Trinajstić information content (AvgIpc) is 3.05. The number of pyridine rings is 1. The van der Waals surface area contributed by atoms with E-state index in [9.17, 15) is 4.79 Å². The van der Waals surface area contributed by atoms with Gasteiger partial charge < -0.3 is 15.0 Å². The van der Waals surface area contributed by atoms with E-state index in [1.165, 1.54) is 0 Å². The van der Waals surface area contributed by atoms with Gasteiger partial charge in [0.2, 0.25) is 0 Å². The number of nitrogens with one attached hydrogen (secondary N) is 1. The number of methoxy groups -OCH3 is 1. The zero-order valence-corrected chi connectivity index (χ0v) is 12.5. The first-order valence-electron chi connectivity index (χ1n) is 7.35. The van der Waals surface area contributed by atoms with Crippen LogP contribution in [0, 0.1) is 0 Å². The summed E-state index contributed by atoms with van der Waals surface area (Å²) in [5, 5.41) is 2.83. The van der Waals surface area contributed by atoms with E-state index in [0.717, 1.165) is 25.2 Å². The molecule has 1 aromatic carbocycles. The van der Waals surface area contributed by atoms with Crippen LogP contribution < -0.4 is 10.2 Å². The smallest absolute Gasteiger partial charge is 0.255 e. The van der Waals surface area contributed by atoms with Crippen molar-refractivity contribution >= 4 is 17.3 Å². The minimum atomic E-state index is -0.129. The Bertz CT molecular complexity index is 628. The second-order valence-corrected chi connectivity index (χ2v) is 5.34. The van der Waals surface area contributed by atoms with Crippen molar-refractivity contribution in [2.45, 2.75) is 12.5 Å². The summed E-state index contributed by atoms with van der Waals surface area (Å²) in [6, 6.07) is 11.3. The first-order chi connectivity index (χ1) is 10.8. The quantitative estimate of drug-likeness (QED) is 0.942. The molecule has 5 nitrogen and oxygen atoms in total. The molecule has 5 heteroatoms. The van der Waals surface area contributed by atoms with E-state index in [0.29, 0.717) is 17.4 Å². The highest BCUT2D eigenvalue weighted by atomic mass is 16.5. The number of carbonyl (C=O) groups excluding carboxylic acids is 1. The molecular formula is C17H19N3O2. The fourth-order valence-corrected chi connectivity index (χ4v) is 2.62. The summed E-state index contributed by atoms with van der Waals surface area (Å²) in [6.07, 6.45) is 4.64. The summed E-state index contributed by atoms with van der Waals surface area (Å²) in [7, 11) is 1.75. The molecule has 0 radical (unpaired) electrons. The first kappa shape index (κ1) is 14.5. The molecule has 1 amide bonds.